The SMILES string of the molecule is Cc1ccc(CCC(=O)NNC(=O)Cc2ccc(F)cc2)cc1Cl. The number of hydrazine groups is 1. The van der Waals surface area contributed by atoms with Crippen molar-refractivity contribution in [1.29, 1.82) is 0 Å². The number of rotatable bonds is 5. The standard InChI is InChI=1S/C18H18ClFN2O2/c1-12-2-3-13(10-16(12)19)6-9-17(23)21-22-18(24)11-14-4-7-15(20)8-5-14/h2-5,7-8,10H,6,9,11H2,1H3,(H,21,23)(H,22,24). The molecular formula is C18H18ClFN2O2. The van der Waals surface area contributed by atoms with Crippen molar-refractivity contribution < 1.29 is 14.0 Å². The van der Waals surface area contributed by atoms with E-state index in [2.05, 4.69) is 10.9 Å². The summed E-state index contributed by atoms with van der Waals surface area (Å²) >= 11 is 6.04. The number of halogens is 2. The van der Waals surface area contributed by atoms with Crippen LogP contribution in [0.5, 0.6) is 0 Å². The van der Waals surface area contributed by atoms with E-state index in [9.17, 15) is 14.0 Å². The third-order valence-corrected chi connectivity index (χ3v) is 3.90. The highest BCUT2D eigenvalue weighted by atomic mass is 35.5. The Hall–Kier alpha value is -2.40. The van der Waals surface area contributed by atoms with Crippen LogP contribution in [0.15, 0.2) is 42.5 Å². The molecule has 0 atom stereocenters. The largest absolute Gasteiger partial charge is 0.273 e. The molecule has 24 heavy (non-hydrogen) atoms. The van der Waals surface area contributed by atoms with Gasteiger partial charge in [-0.2, -0.15) is 0 Å². The van der Waals surface area contributed by atoms with Gasteiger partial charge < -0.3 is 0 Å². The fourth-order valence-electron chi connectivity index (χ4n) is 2.08. The Kier molecular flexibility index (Phi) is 6.32. The Morgan fingerprint density at radius 2 is 1.62 bits per heavy atom. The van der Waals surface area contributed by atoms with Gasteiger partial charge >= 0.3 is 0 Å². The van der Waals surface area contributed by atoms with Crippen molar-refractivity contribution in [3.8, 4) is 0 Å². The highest BCUT2D eigenvalue weighted by Gasteiger charge is 2.07. The molecule has 2 aromatic rings. The Labute approximate surface area is 145 Å². The molecule has 126 valence electrons. The van der Waals surface area contributed by atoms with Gasteiger partial charge in [-0.1, -0.05) is 35.9 Å². The molecule has 0 aliphatic rings. The molecule has 0 aromatic heterocycles. The second-order valence-electron chi connectivity index (χ2n) is 5.48. The first-order valence-corrected chi connectivity index (χ1v) is 7.89. The topological polar surface area (TPSA) is 58.2 Å². The quantitative estimate of drug-likeness (QED) is 0.816. The summed E-state index contributed by atoms with van der Waals surface area (Å²) in [4.78, 5) is 23.5. The van der Waals surface area contributed by atoms with Gasteiger partial charge in [0.15, 0.2) is 0 Å². The zero-order valence-corrected chi connectivity index (χ0v) is 14.0. The number of carbonyl (C=O) groups excluding carboxylic acids is 2. The first kappa shape index (κ1) is 17.9. The van der Waals surface area contributed by atoms with Gasteiger partial charge in [-0.25, -0.2) is 4.39 Å². The molecule has 0 heterocycles. The molecule has 0 aliphatic heterocycles. The summed E-state index contributed by atoms with van der Waals surface area (Å²) < 4.78 is 12.8. The number of hydrogen-bond donors (Lipinski definition) is 2. The van der Waals surface area contributed by atoms with Gasteiger partial charge in [0.25, 0.3) is 0 Å². The molecule has 0 saturated heterocycles. The van der Waals surface area contributed by atoms with Gasteiger partial charge in [0.2, 0.25) is 11.8 Å². The molecule has 6 heteroatoms. The predicted octanol–water partition coefficient (Wildman–Crippen LogP) is 3.11. The normalized spacial score (nSPS) is 10.3. The van der Waals surface area contributed by atoms with Gasteiger partial charge in [0.1, 0.15) is 5.82 Å². The zero-order valence-electron chi connectivity index (χ0n) is 13.2. The number of aryl methyl sites for hydroxylation is 2. The number of amides is 2. The van der Waals surface area contributed by atoms with Crippen molar-refractivity contribution in [2.75, 3.05) is 0 Å². The highest BCUT2D eigenvalue weighted by Crippen LogP contribution is 2.17. The monoisotopic (exact) mass is 348 g/mol. The third-order valence-electron chi connectivity index (χ3n) is 3.50. The van der Waals surface area contributed by atoms with Gasteiger partial charge in [-0.15, -0.1) is 0 Å². The van der Waals surface area contributed by atoms with E-state index in [1.807, 2.05) is 25.1 Å². The zero-order chi connectivity index (χ0) is 17.5. The van der Waals surface area contributed by atoms with Crippen LogP contribution in [0.4, 0.5) is 4.39 Å². The van der Waals surface area contributed by atoms with Crippen molar-refractivity contribution in [1.82, 2.24) is 10.9 Å². The lowest BCUT2D eigenvalue weighted by Crippen LogP contribution is -2.42. The van der Waals surface area contributed by atoms with E-state index in [0.29, 0.717) is 17.0 Å². The lowest BCUT2D eigenvalue weighted by Gasteiger charge is -2.08. The van der Waals surface area contributed by atoms with E-state index in [-0.39, 0.29) is 30.5 Å². The van der Waals surface area contributed by atoms with Crippen LogP contribution >= 0.6 is 11.6 Å². The van der Waals surface area contributed by atoms with E-state index in [1.165, 1.54) is 24.3 Å². The first-order chi connectivity index (χ1) is 11.4. The van der Waals surface area contributed by atoms with Gasteiger partial charge in [0.05, 0.1) is 6.42 Å². The summed E-state index contributed by atoms with van der Waals surface area (Å²) in [6.45, 7) is 1.91. The number of carbonyl (C=O) groups is 2. The summed E-state index contributed by atoms with van der Waals surface area (Å²) in [6.07, 6.45) is 0.823. The Balaban J connectivity index is 1.73. The van der Waals surface area contributed by atoms with Crippen LogP contribution < -0.4 is 10.9 Å². The molecule has 0 bridgehead atoms. The van der Waals surface area contributed by atoms with E-state index < -0.39 is 0 Å². The van der Waals surface area contributed by atoms with Crippen LogP contribution in [0.2, 0.25) is 5.02 Å². The van der Waals surface area contributed by atoms with Crippen molar-refractivity contribution in [3.63, 3.8) is 0 Å². The van der Waals surface area contributed by atoms with Crippen LogP contribution in [0, 0.1) is 12.7 Å². The molecule has 0 unspecified atom stereocenters. The lowest BCUT2D eigenvalue weighted by atomic mass is 10.1. The summed E-state index contributed by atoms with van der Waals surface area (Å²) in [5.74, 6) is -1.02. The fourth-order valence-corrected chi connectivity index (χ4v) is 2.29. The number of nitrogens with one attached hydrogen (secondary N) is 2. The fraction of sp³-hybridized carbons (Fsp3) is 0.222. The molecule has 0 fully saturated rings. The smallest absolute Gasteiger partial charge is 0.242 e. The van der Waals surface area contributed by atoms with Crippen LogP contribution in [-0.2, 0) is 22.4 Å². The maximum Gasteiger partial charge on any atom is 0.242 e. The lowest BCUT2D eigenvalue weighted by molar-refractivity contribution is -0.128. The molecule has 0 radical (unpaired) electrons. The maximum absolute atomic E-state index is 12.8. The van der Waals surface area contributed by atoms with Crippen molar-refractivity contribution in [2.45, 2.75) is 26.2 Å². The van der Waals surface area contributed by atoms with Crippen LogP contribution in [0.25, 0.3) is 0 Å². The van der Waals surface area contributed by atoms with Crippen LogP contribution in [0.1, 0.15) is 23.1 Å². The van der Waals surface area contributed by atoms with Gasteiger partial charge in [-0.3, -0.25) is 20.4 Å². The molecule has 2 rings (SSSR count). The molecule has 4 nitrogen and oxygen atoms in total. The minimum atomic E-state index is -0.367. The average Bonchev–Trinajstić information content (AvgIpc) is 2.56. The van der Waals surface area contributed by atoms with Crippen molar-refractivity contribution >= 4 is 23.4 Å². The molecule has 2 N–H and O–H groups in total. The molecule has 0 aliphatic carbocycles. The minimum absolute atomic E-state index is 0.0636. The Bertz CT molecular complexity index is 732. The second-order valence-corrected chi connectivity index (χ2v) is 5.89. The van der Waals surface area contributed by atoms with Gasteiger partial charge in [-0.05, 0) is 48.2 Å². The average molecular weight is 349 g/mol. The molecule has 0 spiro atoms. The minimum Gasteiger partial charge on any atom is -0.273 e. The summed E-state index contributed by atoms with van der Waals surface area (Å²) in [5, 5.41) is 0.667. The molecule has 2 amide bonds. The summed E-state index contributed by atoms with van der Waals surface area (Å²) in [6, 6.07) is 11.3. The van der Waals surface area contributed by atoms with Crippen molar-refractivity contribution in [3.05, 3.63) is 70.0 Å². The molecule has 2 aromatic carbocycles. The Morgan fingerprint density at radius 3 is 2.29 bits per heavy atom. The Morgan fingerprint density at radius 1 is 1.00 bits per heavy atom. The number of benzene rings is 2. The maximum atomic E-state index is 12.8. The second kappa shape index (κ2) is 8.45. The number of hydrogen-bond acceptors (Lipinski definition) is 2. The third kappa shape index (κ3) is 5.66. The molecular weight excluding hydrogens is 331 g/mol. The van der Waals surface area contributed by atoms with E-state index in [1.54, 1.807) is 0 Å². The molecule has 0 saturated carbocycles. The summed E-state index contributed by atoms with van der Waals surface area (Å²) in [7, 11) is 0. The highest BCUT2D eigenvalue weighted by molar-refractivity contribution is 6.31. The van der Waals surface area contributed by atoms with E-state index in [4.69, 9.17) is 11.6 Å². The van der Waals surface area contributed by atoms with Crippen LogP contribution in [0.3, 0.4) is 0 Å². The van der Waals surface area contributed by atoms with Gasteiger partial charge in [0, 0.05) is 11.4 Å². The van der Waals surface area contributed by atoms with E-state index in [0.717, 1.165) is 11.1 Å². The summed E-state index contributed by atoms with van der Waals surface area (Å²) in [5.41, 5.74) is 7.31. The van der Waals surface area contributed by atoms with E-state index >= 15 is 0 Å². The predicted molar refractivity (Wildman–Crippen MR) is 90.9 cm³/mol. The van der Waals surface area contributed by atoms with Crippen LogP contribution in [-0.4, -0.2) is 11.8 Å². The van der Waals surface area contributed by atoms with Crippen molar-refractivity contribution in [2.24, 2.45) is 0 Å². The first-order valence-electron chi connectivity index (χ1n) is 7.51.